The van der Waals surface area contributed by atoms with Gasteiger partial charge in [-0.15, -0.1) is 0 Å². The van der Waals surface area contributed by atoms with Gasteiger partial charge in [-0.2, -0.15) is 0 Å². The average molecular weight is 783 g/mol. The van der Waals surface area contributed by atoms with Gasteiger partial charge in [0.15, 0.2) is 24.2 Å². The van der Waals surface area contributed by atoms with Crippen molar-refractivity contribution < 1.29 is 52.1 Å². The van der Waals surface area contributed by atoms with Crippen molar-refractivity contribution in [1.82, 2.24) is 0 Å². The topological polar surface area (TPSA) is 102 Å². The fourth-order valence-electron chi connectivity index (χ4n) is 7.88. The third-order valence-corrected chi connectivity index (χ3v) is 10.5. The maximum Gasteiger partial charge on any atom is 0.190 e. The summed E-state index contributed by atoms with van der Waals surface area (Å²) in [7, 11) is 0. The van der Waals surface area contributed by atoms with Crippen LogP contribution in [0, 0.1) is 0 Å². The molecule has 4 fully saturated rings. The summed E-state index contributed by atoms with van der Waals surface area (Å²) in [5.41, 5.74) is 4.11. The van der Waals surface area contributed by atoms with Crippen LogP contribution in [-0.4, -0.2) is 86.2 Å². The minimum absolute atomic E-state index is 0.0989. The van der Waals surface area contributed by atoms with Crippen molar-refractivity contribution in [2.75, 3.05) is 13.2 Å². The Kier molecular flexibility index (Phi) is 12.8. The monoisotopic (exact) mass is 782 g/mol. The molecule has 0 amide bonds. The van der Waals surface area contributed by atoms with E-state index in [0.717, 1.165) is 22.3 Å². The largest absolute Gasteiger partial charge is 0.374 e. The molecule has 4 saturated heterocycles. The van der Waals surface area contributed by atoms with Gasteiger partial charge in [-0.25, -0.2) is 0 Å². The van der Waals surface area contributed by atoms with Gasteiger partial charge in [0, 0.05) is 0 Å². The van der Waals surface area contributed by atoms with Crippen molar-refractivity contribution in [3.8, 4) is 0 Å². The zero-order valence-electron chi connectivity index (χ0n) is 33.1. The smallest absolute Gasteiger partial charge is 0.190 e. The Morgan fingerprint density at radius 3 is 1.60 bits per heavy atom. The molecule has 0 bridgehead atoms. The van der Waals surface area contributed by atoms with E-state index in [2.05, 4.69) is 0 Å². The van der Waals surface area contributed by atoms with Crippen LogP contribution < -0.4 is 0 Å². The zero-order valence-corrected chi connectivity index (χ0v) is 33.1. The lowest BCUT2D eigenvalue weighted by molar-refractivity contribution is -0.263. The van der Waals surface area contributed by atoms with E-state index in [-0.39, 0.29) is 13.2 Å². The Balaban J connectivity index is 1.07. The first-order chi connectivity index (χ1) is 27.7. The predicted molar refractivity (Wildman–Crippen MR) is 208 cm³/mol. The first-order valence-electron chi connectivity index (χ1n) is 19.9. The van der Waals surface area contributed by atoms with Gasteiger partial charge in [-0.05, 0) is 49.9 Å². The third-order valence-electron chi connectivity index (χ3n) is 10.5. The molecule has 11 nitrogen and oxygen atoms in total. The molecule has 0 N–H and O–H groups in total. The van der Waals surface area contributed by atoms with Crippen molar-refractivity contribution in [3.05, 3.63) is 144 Å². The van der Waals surface area contributed by atoms with Crippen LogP contribution in [0.4, 0.5) is 0 Å². The highest BCUT2D eigenvalue weighted by molar-refractivity contribution is 5.16. The molecule has 0 saturated carbocycles. The molecule has 11 heteroatoms. The summed E-state index contributed by atoms with van der Waals surface area (Å²) in [5, 5.41) is 0. The quantitative estimate of drug-likeness (QED) is 0.110. The van der Waals surface area contributed by atoms with E-state index >= 15 is 0 Å². The van der Waals surface area contributed by atoms with Crippen molar-refractivity contribution in [3.63, 3.8) is 0 Å². The summed E-state index contributed by atoms with van der Waals surface area (Å²) >= 11 is 0. The van der Waals surface area contributed by atoms with E-state index in [1.807, 2.05) is 149 Å². The molecule has 4 heterocycles. The minimum atomic E-state index is -0.872. The number of ether oxygens (including phenoxy) is 11. The highest BCUT2D eigenvalue weighted by atomic mass is 16.9. The van der Waals surface area contributed by atoms with E-state index in [9.17, 15) is 0 Å². The van der Waals surface area contributed by atoms with Crippen LogP contribution in [-0.2, 0) is 78.5 Å². The maximum absolute atomic E-state index is 6.92. The molecular weight excluding hydrogens is 728 g/mol. The summed E-state index contributed by atoms with van der Waals surface area (Å²) in [6.45, 7) is 9.25. The normalized spacial score (nSPS) is 30.5. The summed E-state index contributed by atoms with van der Waals surface area (Å²) < 4.78 is 72.0. The number of hydrogen-bond acceptors (Lipinski definition) is 11. The molecule has 4 aliphatic heterocycles. The van der Waals surface area contributed by atoms with Crippen LogP contribution >= 0.6 is 0 Å². The van der Waals surface area contributed by atoms with Crippen molar-refractivity contribution in [2.45, 2.75) is 127 Å². The molecule has 4 aromatic carbocycles. The third kappa shape index (κ3) is 10.2. The molecule has 4 aromatic rings. The second kappa shape index (κ2) is 18.1. The van der Waals surface area contributed by atoms with Crippen molar-refractivity contribution in [1.29, 1.82) is 0 Å². The van der Waals surface area contributed by atoms with Crippen LogP contribution in [0.25, 0.3) is 0 Å². The van der Waals surface area contributed by atoms with Crippen molar-refractivity contribution >= 4 is 0 Å². The molecule has 0 radical (unpaired) electrons. The van der Waals surface area contributed by atoms with Crippen molar-refractivity contribution in [2.24, 2.45) is 0 Å². The fourth-order valence-corrected chi connectivity index (χ4v) is 7.88. The van der Waals surface area contributed by atoms with Crippen LogP contribution in [0.15, 0.2) is 121 Å². The Morgan fingerprint density at radius 1 is 0.509 bits per heavy atom. The highest BCUT2D eigenvalue weighted by Gasteiger charge is 2.61. The number of hydrogen-bond donors (Lipinski definition) is 0. The van der Waals surface area contributed by atoms with Gasteiger partial charge in [-0.1, -0.05) is 121 Å². The first kappa shape index (κ1) is 40.2. The maximum atomic E-state index is 6.92. The summed E-state index contributed by atoms with van der Waals surface area (Å²) in [6.07, 6.45) is -5.90. The first-order valence-corrected chi connectivity index (χ1v) is 19.9. The summed E-state index contributed by atoms with van der Waals surface area (Å²) in [6, 6.07) is 40.2. The Labute approximate surface area is 335 Å². The Bertz CT molecular complexity index is 1810. The molecule has 57 heavy (non-hydrogen) atoms. The van der Waals surface area contributed by atoms with Crippen LogP contribution in [0.3, 0.4) is 0 Å². The Hall–Kier alpha value is -3.56. The van der Waals surface area contributed by atoms with Gasteiger partial charge in [0.05, 0.1) is 39.6 Å². The van der Waals surface area contributed by atoms with Gasteiger partial charge >= 0.3 is 0 Å². The Morgan fingerprint density at radius 2 is 1.00 bits per heavy atom. The lowest BCUT2D eigenvalue weighted by Crippen LogP contribution is -2.56. The summed E-state index contributed by atoms with van der Waals surface area (Å²) in [4.78, 5) is 0. The van der Waals surface area contributed by atoms with Gasteiger partial charge in [-0.3, -0.25) is 0 Å². The van der Waals surface area contributed by atoms with Crippen LogP contribution in [0.1, 0.15) is 49.9 Å². The van der Waals surface area contributed by atoms with E-state index in [1.54, 1.807) is 0 Å². The lowest BCUT2D eigenvalue weighted by Gasteiger charge is -2.37. The van der Waals surface area contributed by atoms with E-state index in [4.69, 9.17) is 52.1 Å². The predicted octanol–water partition coefficient (Wildman–Crippen LogP) is 7.10. The van der Waals surface area contributed by atoms with E-state index in [0.29, 0.717) is 26.4 Å². The fraction of sp³-hybridized carbons (Fsp3) is 0.478. The van der Waals surface area contributed by atoms with E-state index < -0.39 is 73.0 Å². The molecule has 0 spiro atoms. The second-order valence-electron chi connectivity index (χ2n) is 15.9. The standard InChI is InChI=1S/C46H54O11/c1-45(2)54-38-36(52-44-42(40(38)55-45)56-46(3,4)57-44)30-51-43-41(50-28-34-23-15-8-16-24-34)39(49-27-33-21-13-7-14-22-33)37(53-43)35(48-26-32-19-11-6-12-20-32)29-47-25-31-17-9-5-10-18-31/h5-24,35-44H,25-30H2,1-4H3/t35-,36-,37-,38+,39+,40+,41+,42-,43-,44-/m1/s1. The van der Waals surface area contributed by atoms with Crippen LogP contribution in [0.5, 0.6) is 0 Å². The number of rotatable bonds is 17. The number of benzene rings is 4. The van der Waals surface area contributed by atoms with Crippen LogP contribution in [0.2, 0.25) is 0 Å². The summed E-state index contributed by atoms with van der Waals surface area (Å²) in [5.74, 6) is -1.69. The highest BCUT2D eigenvalue weighted by Crippen LogP contribution is 2.44. The molecule has 4 aliphatic rings. The van der Waals surface area contributed by atoms with Gasteiger partial charge < -0.3 is 52.1 Å². The molecule has 8 rings (SSSR count). The van der Waals surface area contributed by atoms with Gasteiger partial charge in [0.1, 0.15) is 48.8 Å². The zero-order chi connectivity index (χ0) is 39.2. The molecule has 304 valence electrons. The lowest BCUT2D eigenvalue weighted by atomic mass is 9.99. The molecule has 10 atom stereocenters. The number of fused-ring (bicyclic) bond motifs is 3. The average Bonchev–Trinajstić information content (AvgIpc) is 3.86. The minimum Gasteiger partial charge on any atom is -0.374 e. The molecule has 0 unspecified atom stereocenters. The van der Waals surface area contributed by atoms with Gasteiger partial charge in [0.2, 0.25) is 0 Å². The van der Waals surface area contributed by atoms with Gasteiger partial charge in [0.25, 0.3) is 0 Å². The molecule has 0 aromatic heterocycles. The molecular formula is C46H54O11. The van der Waals surface area contributed by atoms with E-state index in [1.165, 1.54) is 0 Å². The molecule has 0 aliphatic carbocycles. The SMILES string of the molecule is CC1(C)O[C@H]2[C@@H](O1)[C@@H](CO[C@@H]1O[C@H]([C@@H](COCc3ccccc3)OCc3ccccc3)[C@H](OCc3ccccc3)[C@@H]1OCc1ccccc1)O[C@@H]1OC(C)(C)O[C@@H]12. The second-order valence-corrected chi connectivity index (χ2v) is 15.9.